The van der Waals surface area contributed by atoms with E-state index in [0.717, 1.165) is 38.9 Å². The molecule has 2 heterocycles. The Morgan fingerprint density at radius 1 is 0.963 bits per heavy atom. The van der Waals surface area contributed by atoms with Crippen LogP contribution in [0.1, 0.15) is 46.5 Å². The summed E-state index contributed by atoms with van der Waals surface area (Å²) in [6.45, 7) is 9.49. The maximum absolute atomic E-state index is 13.2. The second-order valence-electron chi connectivity index (χ2n) is 8.30. The number of hydrogen-bond donors (Lipinski definition) is 0. The summed E-state index contributed by atoms with van der Waals surface area (Å²) in [5.41, 5.74) is 0.207. The average Bonchev–Trinajstić information content (AvgIpc) is 2.73. The van der Waals surface area contributed by atoms with Crippen molar-refractivity contribution in [2.75, 3.05) is 37.6 Å². The molecule has 0 aromatic heterocycles. The Labute approximate surface area is 163 Å². The first-order valence-electron chi connectivity index (χ1n) is 10.4. The lowest BCUT2D eigenvalue weighted by Crippen LogP contribution is -2.57. The molecule has 2 saturated heterocycles. The number of carbonyl (C=O) groups is 2. The molecule has 3 rings (SSSR count). The molecule has 1 unspecified atom stereocenters. The van der Waals surface area contributed by atoms with Crippen LogP contribution >= 0.6 is 0 Å². The van der Waals surface area contributed by atoms with Gasteiger partial charge in [-0.3, -0.25) is 9.59 Å². The first-order chi connectivity index (χ1) is 12.9. The van der Waals surface area contributed by atoms with Crippen molar-refractivity contribution in [2.45, 2.75) is 52.5 Å². The van der Waals surface area contributed by atoms with Crippen LogP contribution in [0.25, 0.3) is 0 Å². The molecule has 0 spiro atoms. The van der Waals surface area contributed by atoms with Crippen molar-refractivity contribution in [1.82, 2.24) is 9.80 Å². The van der Waals surface area contributed by atoms with Crippen LogP contribution in [0, 0.1) is 5.41 Å². The number of carbonyl (C=O) groups excluding carboxylic acids is 2. The molecule has 1 aromatic carbocycles. The molecule has 0 saturated carbocycles. The van der Waals surface area contributed by atoms with Gasteiger partial charge in [-0.15, -0.1) is 0 Å². The Kier molecular flexibility index (Phi) is 6.08. The lowest BCUT2D eigenvalue weighted by molar-refractivity contribution is -0.156. The summed E-state index contributed by atoms with van der Waals surface area (Å²) in [4.78, 5) is 32.6. The van der Waals surface area contributed by atoms with Gasteiger partial charge in [0.1, 0.15) is 5.41 Å². The number of piperazine rings is 1. The zero-order valence-corrected chi connectivity index (χ0v) is 17.0. The van der Waals surface area contributed by atoms with E-state index in [-0.39, 0.29) is 17.9 Å². The van der Waals surface area contributed by atoms with Gasteiger partial charge < -0.3 is 14.7 Å². The summed E-state index contributed by atoms with van der Waals surface area (Å²) >= 11 is 0. The van der Waals surface area contributed by atoms with E-state index in [1.807, 2.05) is 41.8 Å². The monoisotopic (exact) mass is 371 g/mol. The van der Waals surface area contributed by atoms with E-state index in [1.54, 1.807) is 0 Å². The van der Waals surface area contributed by atoms with E-state index in [0.29, 0.717) is 13.1 Å². The predicted octanol–water partition coefficient (Wildman–Crippen LogP) is 3.15. The van der Waals surface area contributed by atoms with E-state index in [2.05, 4.69) is 24.0 Å². The number of hydrogen-bond acceptors (Lipinski definition) is 3. The van der Waals surface area contributed by atoms with Crippen molar-refractivity contribution in [3.8, 4) is 0 Å². The van der Waals surface area contributed by atoms with Gasteiger partial charge in [0.25, 0.3) is 0 Å². The van der Waals surface area contributed by atoms with Crippen molar-refractivity contribution >= 4 is 17.5 Å². The van der Waals surface area contributed by atoms with Crippen LogP contribution in [-0.4, -0.2) is 60.4 Å². The lowest BCUT2D eigenvalue weighted by Gasteiger charge is -2.42. The number of piperidine rings is 1. The van der Waals surface area contributed by atoms with Gasteiger partial charge in [-0.2, -0.15) is 0 Å². The highest BCUT2D eigenvalue weighted by Gasteiger charge is 2.44. The van der Waals surface area contributed by atoms with Crippen LogP contribution in [0.5, 0.6) is 0 Å². The highest BCUT2D eigenvalue weighted by molar-refractivity contribution is 6.04. The van der Waals surface area contributed by atoms with E-state index in [1.165, 1.54) is 12.1 Å². The Morgan fingerprint density at radius 3 is 2.26 bits per heavy atom. The number of anilines is 1. The number of rotatable bonds is 4. The lowest BCUT2D eigenvalue weighted by atomic mass is 9.86. The highest BCUT2D eigenvalue weighted by atomic mass is 16.2. The average molecular weight is 372 g/mol. The maximum Gasteiger partial charge on any atom is 0.237 e. The first-order valence-corrected chi connectivity index (χ1v) is 10.4. The van der Waals surface area contributed by atoms with Crippen molar-refractivity contribution in [3.05, 3.63) is 30.3 Å². The van der Waals surface area contributed by atoms with E-state index in [4.69, 9.17) is 0 Å². The van der Waals surface area contributed by atoms with Gasteiger partial charge in [0, 0.05) is 44.5 Å². The molecule has 2 aliphatic heterocycles. The molecule has 148 valence electrons. The number of benzene rings is 1. The largest absolute Gasteiger partial charge is 0.368 e. The Bertz CT molecular complexity index is 651. The minimum absolute atomic E-state index is 0.00420. The maximum atomic E-state index is 13.2. The highest BCUT2D eigenvalue weighted by Crippen LogP contribution is 2.29. The van der Waals surface area contributed by atoms with Gasteiger partial charge in [-0.1, -0.05) is 25.1 Å². The van der Waals surface area contributed by atoms with Crippen molar-refractivity contribution in [1.29, 1.82) is 0 Å². The standard InChI is InChI=1S/C22H33N3O2/c1-4-18-10-8-9-13-25(18)21(27)22(2,3)20(26)24-16-14-23(15-17-24)19-11-6-5-7-12-19/h5-7,11-12,18H,4,8-10,13-17H2,1-3H3. The smallest absolute Gasteiger partial charge is 0.237 e. The zero-order chi connectivity index (χ0) is 19.4. The molecule has 0 N–H and O–H groups in total. The molecular formula is C22H33N3O2. The molecule has 1 atom stereocenters. The Balaban J connectivity index is 1.63. The SMILES string of the molecule is CCC1CCCCN1C(=O)C(C)(C)C(=O)N1CCN(c2ccccc2)CC1. The molecular weight excluding hydrogens is 338 g/mol. The van der Waals surface area contributed by atoms with Gasteiger partial charge in [-0.05, 0) is 51.7 Å². The molecule has 0 radical (unpaired) electrons. The fourth-order valence-corrected chi connectivity index (χ4v) is 4.34. The number of likely N-dealkylation sites (tertiary alicyclic amines) is 1. The molecule has 27 heavy (non-hydrogen) atoms. The molecule has 0 bridgehead atoms. The van der Waals surface area contributed by atoms with Crippen LogP contribution in [0.15, 0.2) is 30.3 Å². The van der Waals surface area contributed by atoms with Gasteiger partial charge in [0.2, 0.25) is 11.8 Å². The van der Waals surface area contributed by atoms with Gasteiger partial charge in [0.15, 0.2) is 0 Å². The molecule has 2 aliphatic rings. The summed E-state index contributed by atoms with van der Waals surface area (Å²) in [6.07, 6.45) is 4.24. The minimum Gasteiger partial charge on any atom is -0.368 e. The van der Waals surface area contributed by atoms with Gasteiger partial charge in [-0.25, -0.2) is 0 Å². The van der Waals surface area contributed by atoms with Crippen molar-refractivity contribution in [2.24, 2.45) is 5.41 Å². The quantitative estimate of drug-likeness (QED) is 0.764. The second-order valence-corrected chi connectivity index (χ2v) is 8.30. The summed E-state index contributed by atoms with van der Waals surface area (Å²) in [5, 5.41) is 0. The van der Waals surface area contributed by atoms with Crippen LogP contribution in [0.4, 0.5) is 5.69 Å². The molecule has 2 amide bonds. The van der Waals surface area contributed by atoms with E-state index < -0.39 is 5.41 Å². The molecule has 1 aromatic rings. The molecule has 2 fully saturated rings. The molecule has 0 aliphatic carbocycles. The van der Waals surface area contributed by atoms with Crippen molar-refractivity contribution < 1.29 is 9.59 Å². The third-order valence-corrected chi connectivity index (χ3v) is 6.12. The Morgan fingerprint density at radius 2 is 1.63 bits per heavy atom. The van der Waals surface area contributed by atoms with Crippen LogP contribution in [0.2, 0.25) is 0 Å². The fourth-order valence-electron chi connectivity index (χ4n) is 4.34. The molecule has 5 heteroatoms. The van der Waals surface area contributed by atoms with Gasteiger partial charge in [0.05, 0.1) is 0 Å². The first kappa shape index (κ1) is 19.7. The normalized spacial score (nSPS) is 21.3. The third-order valence-electron chi connectivity index (χ3n) is 6.12. The summed E-state index contributed by atoms with van der Waals surface area (Å²) < 4.78 is 0. The number of para-hydroxylation sites is 1. The van der Waals surface area contributed by atoms with Crippen LogP contribution in [-0.2, 0) is 9.59 Å². The van der Waals surface area contributed by atoms with E-state index in [9.17, 15) is 9.59 Å². The van der Waals surface area contributed by atoms with Crippen LogP contribution < -0.4 is 4.90 Å². The predicted molar refractivity (Wildman–Crippen MR) is 109 cm³/mol. The topological polar surface area (TPSA) is 43.9 Å². The third kappa shape index (κ3) is 4.12. The second kappa shape index (κ2) is 8.32. The fraction of sp³-hybridized carbons (Fsp3) is 0.636. The van der Waals surface area contributed by atoms with Gasteiger partial charge >= 0.3 is 0 Å². The summed E-state index contributed by atoms with van der Waals surface area (Å²) in [5.74, 6) is -0.0230. The Hall–Kier alpha value is -2.04. The number of nitrogens with zero attached hydrogens (tertiary/aromatic N) is 3. The zero-order valence-electron chi connectivity index (χ0n) is 17.0. The van der Waals surface area contributed by atoms with Crippen molar-refractivity contribution in [3.63, 3.8) is 0 Å². The minimum atomic E-state index is -0.986. The summed E-state index contributed by atoms with van der Waals surface area (Å²) in [7, 11) is 0. The van der Waals surface area contributed by atoms with Crippen LogP contribution in [0.3, 0.4) is 0 Å². The number of amides is 2. The molecule has 5 nitrogen and oxygen atoms in total. The summed E-state index contributed by atoms with van der Waals surface area (Å²) in [6, 6.07) is 10.6. The van der Waals surface area contributed by atoms with E-state index >= 15 is 0 Å².